The first kappa shape index (κ1) is 16.0. The Morgan fingerprint density at radius 2 is 1.87 bits per heavy atom. The lowest BCUT2D eigenvalue weighted by molar-refractivity contribution is 0.0773. The molecule has 3 nitrogen and oxygen atoms in total. The van der Waals surface area contributed by atoms with E-state index in [-0.39, 0.29) is 5.91 Å². The van der Waals surface area contributed by atoms with E-state index in [0.717, 1.165) is 31.7 Å². The monoisotopic (exact) mass is 310 g/mol. The quantitative estimate of drug-likeness (QED) is 0.932. The second-order valence-corrected chi connectivity index (χ2v) is 6.28. The molecule has 0 aliphatic carbocycles. The summed E-state index contributed by atoms with van der Waals surface area (Å²) in [5, 5.41) is 5.91. The van der Waals surface area contributed by atoms with E-state index in [0.29, 0.717) is 5.92 Å². The zero-order valence-corrected chi connectivity index (χ0v) is 14.1. The molecule has 0 spiro atoms. The van der Waals surface area contributed by atoms with Crippen molar-refractivity contribution in [1.29, 1.82) is 0 Å². The van der Waals surface area contributed by atoms with Crippen LogP contribution in [0.25, 0.3) is 10.8 Å². The van der Waals surface area contributed by atoms with Gasteiger partial charge in [-0.1, -0.05) is 24.3 Å². The lowest BCUT2D eigenvalue weighted by Gasteiger charge is -2.24. The van der Waals surface area contributed by atoms with E-state index in [1.54, 1.807) is 0 Å². The lowest BCUT2D eigenvalue weighted by Crippen LogP contribution is -2.30. The number of hydrogen-bond acceptors (Lipinski definition) is 2. The fourth-order valence-corrected chi connectivity index (χ4v) is 3.62. The van der Waals surface area contributed by atoms with Crippen molar-refractivity contribution in [2.75, 3.05) is 26.2 Å². The molecule has 0 aromatic heterocycles. The molecule has 3 heteroatoms. The van der Waals surface area contributed by atoms with E-state index in [9.17, 15) is 4.79 Å². The Morgan fingerprint density at radius 3 is 2.57 bits per heavy atom. The molecule has 0 bridgehead atoms. The average molecular weight is 310 g/mol. The van der Waals surface area contributed by atoms with Gasteiger partial charge in [0.1, 0.15) is 0 Å². The molecule has 1 aliphatic heterocycles. The predicted molar refractivity (Wildman–Crippen MR) is 96.0 cm³/mol. The van der Waals surface area contributed by atoms with Crippen LogP contribution < -0.4 is 5.32 Å². The molecule has 2 aromatic rings. The molecule has 0 atom stereocenters. The van der Waals surface area contributed by atoms with Gasteiger partial charge in [0.25, 0.3) is 5.91 Å². The summed E-state index contributed by atoms with van der Waals surface area (Å²) >= 11 is 0. The van der Waals surface area contributed by atoms with Crippen LogP contribution in [0.1, 0.15) is 48.5 Å². The molecule has 1 heterocycles. The van der Waals surface area contributed by atoms with Gasteiger partial charge < -0.3 is 10.2 Å². The van der Waals surface area contributed by atoms with Crippen molar-refractivity contribution in [3.63, 3.8) is 0 Å². The van der Waals surface area contributed by atoms with Gasteiger partial charge in [-0.2, -0.15) is 0 Å². The Hall–Kier alpha value is -1.87. The van der Waals surface area contributed by atoms with Gasteiger partial charge in [0.2, 0.25) is 0 Å². The van der Waals surface area contributed by atoms with Gasteiger partial charge in [-0.25, -0.2) is 0 Å². The second kappa shape index (κ2) is 7.14. The minimum absolute atomic E-state index is 0.129. The maximum atomic E-state index is 12.6. The maximum absolute atomic E-state index is 12.6. The highest BCUT2D eigenvalue weighted by atomic mass is 16.2. The molecule has 3 rings (SSSR count). The second-order valence-electron chi connectivity index (χ2n) is 6.28. The molecular weight excluding hydrogens is 284 g/mol. The van der Waals surface area contributed by atoms with Gasteiger partial charge in [-0.3, -0.25) is 4.79 Å². The lowest BCUT2D eigenvalue weighted by atomic mass is 9.86. The standard InChI is InChI=1S/C20H26N2O/c1-3-22(4-2)20(23)17-8-9-19-16(14-17)6-5-7-18(19)15-10-12-21-13-11-15/h5-9,14-15,21H,3-4,10-13H2,1-2H3. The Balaban J connectivity index is 1.96. The van der Waals surface area contributed by atoms with E-state index in [1.165, 1.54) is 29.2 Å². The zero-order valence-electron chi connectivity index (χ0n) is 14.1. The molecule has 23 heavy (non-hydrogen) atoms. The summed E-state index contributed by atoms with van der Waals surface area (Å²) in [5.41, 5.74) is 2.23. The van der Waals surface area contributed by atoms with Gasteiger partial charge >= 0.3 is 0 Å². The summed E-state index contributed by atoms with van der Waals surface area (Å²) < 4.78 is 0. The summed E-state index contributed by atoms with van der Waals surface area (Å²) in [6.45, 7) is 7.75. The number of benzene rings is 2. The number of hydrogen-bond donors (Lipinski definition) is 1. The highest BCUT2D eigenvalue weighted by Crippen LogP contribution is 2.31. The molecule has 2 aromatic carbocycles. The van der Waals surface area contributed by atoms with Crippen LogP contribution in [0.15, 0.2) is 36.4 Å². The minimum atomic E-state index is 0.129. The van der Waals surface area contributed by atoms with Crippen LogP contribution >= 0.6 is 0 Å². The van der Waals surface area contributed by atoms with Crippen molar-refractivity contribution in [3.05, 3.63) is 47.5 Å². The molecule has 122 valence electrons. The van der Waals surface area contributed by atoms with Crippen LogP contribution in [0.2, 0.25) is 0 Å². The molecule has 1 fully saturated rings. The van der Waals surface area contributed by atoms with E-state index >= 15 is 0 Å². The fraction of sp³-hybridized carbons (Fsp3) is 0.450. The number of nitrogens with zero attached hydrogens (tertiary/aromatic N) is 1. The van der Waals surface area contributed by atoms with E-state index in [4.69, 9.17) is 0 Å². The Kier molecular flexibility index (Phi) is 4.97. The van der Waals surface area contributed by atoms with Crippen LogP contribution in [0.5, 0.6) is 0 Å². The van der Waals surface area contributed by atoms with Gasteiger partial charge in [-0.15, -0.1) is 0 Å². The molecule has 1 saturated heterocycles. The summed E-state index contributed by atoms with van der Waals surface area (Å²) in [4.78, 5) is 14.4. The zero-order chi connectivity index (χ0) is 16.2. The normalized spacial score (nSPS) is 15.7. The van der Waals surface area contributed by atoms with Gasteiger partial charge in [0.15, 0.2) is 0 Å². The third-order valence-electron chi connectivity index (χ3n) is 4.99. The smallest absolute Gasteiger partial charge is 0.253 e. The topological polar surface area (TPSA) is 32.3 Å². The number of fused-ring (bicyclic) bond motifs is 1. The molecular formula is C20H26N2O. The van der Waals surface area contributed by atoms with Crippen molar-refractivity contribution >= 4 is 16.7 Å². The molecule has 0 radical (unpaired) electrons. The van der Waals surface area contributed by atoms with Crippen LogP contribution in [-0.4, -0.2) is 37.0 Å². The third kappa shape index (κ3) is 3.25. The fourth-order valence-electron chi connectivity index (χ4n) is 3.62. The first-order valence-electron chi connectivity index (χ1n) is 8.77. The van der Waals surface area contributed by atoms with Gasteiger partial charge in [0, 0.05) is 18.7 Å². The SMILES string of the molecule is CCN(CC)C(=O)c1ccc2c(C3CCNCC3)cccc2c1. The molecule has 1 aliphatic rings. The van der Waals surface area contributed by atoms with Crippen LogP contribution in [-0.2, 0) is 0 Å². The van der Waals surface area contributed by atoms with Gasteiger partial charge in [-0.05, 0) is 74.2 Å². The summed E-state index contributed by atoms with van der Waals surface area (Å²) in [6, 6.07) is 12.7. The number of carbonyl (C=O) groups excluding carboxylic acids is 1. The number of amides is 1. The third-order valence-corrected chi connectivity index (χ3v) is 4.99. The largest absolute Gasteiger partial charge is 0.339 e. The maximum Gasteiger partial charge on any atom is 0.253 e. The van der Waals surface area contributed by atoms with Crippen LogP contribution in [0, 0.1) is 0 Å². The van der Waals surface area contributed by atoms with Crippen molar-refractivity contribution in [1.82, 2.24) is 10.2 Å². The summed E-state index contributed by atoms with van der Waals surface area (Å²) in [5.74, 6) is 0.758. The summed E-state index contributed by atoms with van der Waals surface area (Å²) in [6.07, 6.45) is 2.39. The van der Waals surface area contributed by atoms with E-state index in [2.05, 4.69) is 35.6 Å². The van der Waals surface area contributed by atoms with Gasteiger partial charge in [0.05, 0.1) is 0 Å². The highest BCUT2D eigenvalue weighted by molar-refractivity contribution is 5.99. The number of rotatable bonds is 4. The highest BCUT2D eigenvalue weighted by Gasteiger charge is 2.18. The predicted octanol–water partition coefficient (Wildman–Crippen LogP) is 3.79. The van der Waals surface area contributed by atoms with E-state index < -0.39 is 0 Å². The van der Waals surface area contributed by atoms with Crippen LogP contribution in [0.4, 0.5) is 0 Å². The van der Waals surface area contributed by atoms with Crippen molar-refractivity contribution in [2.24, 2.45) is 0 Å². The molecule has 1 amide bonds. The minimum Gasteiger partial charge on any atom is -0.339 e. The number of piperidine rings is 1. The molecule has 0 saturated carbocycles. The van der Waals surface area contributed by atoms with Crippen molar-refractivity contribution < 1.29 is 4.79 Å². The molecule has 1 N–H and O–H groups in total. The Morgan fingerprint density at radius 1 is 1.13 bits per heavy atom. The average Bonchev–Trinajstić information content (AvgIpc) is 2.62. The summed E-state index contributed by atoms with van der Waals surface area (Å²) in [7, 11) is 0. The van der Waals surface area contributed by atoms with Crippen LogP contribution in [0.3, 0.4) is 0 Å². The Bertz CT molecular complexity index is 685. The molecule has 0 unspecified atom stereocenters. The number of carbonyl (C=O) groups is 1. The first-order chi connectivity index (χ1) is 11.2. The first-order valence-corrected chi connectivity index (χ1v) is 8.77. The Labute approximate surface area is 138 Å². The number of nitrogens with one attached hydrogen (secondary N) is 1. The van der Waals surface area contributed by atoms with Crippen molar-refractivity contribution in [2.45, 2.75) is 32.6 Å². The van der Waals surface area contributed by atoms with E-state index in [1.807, 2.05) is 24.8 Å². The van der Waals surface area contributed by atoms with Crippen molar-refractivity contribution in [3.8, 4) is 0 Å².